The Morgan fingerprint density at radius 1 is 1.39 bits per heavy atom. The molecule has 1 heterocycles. The van der Waals surface area contributed by atoms with Crippen LogP contribution >= 0.6 is 11.5 Å². The summed E-state index contributed by atoms with van der Waals surface area (Å²) >= 11 is 1.04. The fourth-order valence-corrected chi connectivity index (χ4v) is 2.15. The second-order valence-corrected chi connectivity index (χ2v) is 5.70. The number of amides is 1. The van der Waals surface area contributed by atoms with Crippen LogP contribution in [0.5, 0.6) is 0 Å². The average Bonchev–Trinajstić information content (AvgIpc) is 2.54. The molecule has 0 spiro atoms. The predicted octanol–water partition coefficient (Wildman–Crippen LogP) is 1.48. The number of hydrogen-bond acceptors (Lipinski definition) is 5. The largest absolute Gasteiger partial charge is 0.478 e. The van der Waals surface area contributed by atoms with Crippen LogP contribution in [0, 0.1) is 6.92 Å². The van der Waals surface area contributed by atoms with Crippen molar-refractivity contribution in [3.8, 4) is 0 Å². The first-order valence-corrected chi connectivity index (χ1v) is 6.22. The second kappa shape index (κ2) is 5.34. The molecule has 1 amide bonds. The maximum absolute atomic E-state index is 11.6. The average molecular weight is 271 g/mol. The minimum atomic E-state index is -1.04. The molecule has 7 heteroatoms. The van der Waals surface area contributed by atoms with Crippen LogP contribution in [-0.2, 0) is 4.79 Å². The molecule has 0 aromatic carbocycles. The Labute approximate surface area is 110 Å². The molecule has 1 rings (SSSR count). The zero-order valence-electron chi connectivity index (χ0n) is 10.8. The number of nitrogens with zero attached hydrogens (tertiary/aromatic N) is 1. The lowest BCUT2D eigenvalue weighted by Crippen LogP contribution is -2.43. The summed E-state index contributed by atoms with van der Waals surface area (Å²) in [4.78, 5) is 22.6. The maximum Gasteiger partial charge on any atom is 0.340 e. The smallest absolute Gasteiger partial charge is 0.340 e. The van der Waals surface area contributed by atoms with Crippen LogP contribution in [0.2, 0.25) is 0 Å². The number of carboxylic acids is 1. The summed E-state index contributed by atoms with van der Waals surface area (Å²) in [5.74, 6) is -1.23. The van der Waals surface area contributed by atoms with Crippen LogP contribution in [0.1, 0.15) is 36.8 Å². The molecule has 6 nitrogen and oxygen atoms in total. The van der Waals surface area contributed by atoms with E-state index in [-0.39, 0.29) is 23.6 Å². The highest BCUT2D eigenvalue weighted by atomic mass is 32.1. The first kappa shape index (κ1) is 14.4. The highest BCUT2D eigenvalue weighted by molar-refractivity contribution is 7.10. The van der Waals surface area contributed by atoms with Gasteiger partial charge in [0.05, 0.1) is 12.2 Å². The molecule has 0 unspecified atom stereocenters. The van der Waals surface area contributed by atoms with E-state index in [0.717, 1.165) is 11.5 Å². The Morgan fingerprint density at radius 2 is 2.00 bits per heavy atom. The van der Waals surface area contributed by atoms with Crippen molar-refractivity contribution < 1.29 is 14.7 Å². The van der Waals surface area contributed by atoms with Gasteiger partial charge in [-0.1, -0.05) is 0 Å². The van der Waals surface area contributed by atoms with Gasteiger partial charge in [0, 0.05) is 5.54 Å². The lowest BCUT2D eigenvalue weighted by atomic mass is 10.1. The van der Waals surface area contributed by atoms with Crippen molar-refractivity contribution >= 4 is 28.4 Å². The summed E-state index contributed by atoms with van der Waals surface area (Å²) in [5, 5.41) is 15.0. The second-order valence-electron chi connectivity index (χ2n) is 4.93. The van der Waals surface area contributed by atoms with Gasteiger partial charge < -0.3 is 15.7 Å². The van der Waals surface area contributed by atoms with Crippen molar-refractivity contribution in [2.75, 3.05) is 11.9 Å². The molecule has 0 aliphatic rings. The molecule has 1 aromatic heterocycles. The highest BCUT2D eigenvalue weighted by Crippen LogP contribution is 2.23. The van der Waals surface area contributed by atoms with E-state index in [1.165, 1.54) is 0 Å². The Balaban J connectivity index is 2.65. The van der Waals surface area contributed by atoms with Gasteiger partial charge in [0.1, 0.15) is 10.6 Å². The van der Waals surface area contributed by atoms with Crippen LogP contribution in [0.15, 0.2) is 0 Å². The van der Waals surface area contributed by atoms with E-state index in [1.54, 1.807) is 6.92 Å². The monoisotopic (exact) mass is 271 g/mol. The third-order valence-corrected chi connectivity index (χ3v) is 2.90. The molecule has 0 bridgehead atoms. The van der Waals surface area contributed by atoms with Crippen LogP contribution in [0.25, 0.3) is 0 Å². The first-order valence-electron chi connectivity index (χ1n) is 5.45. The number of nitrogens with one attached hydrogen (secondary N) is 2. The number of carbonyl (C=O) groups excluding carboxylic acids is 1. The first-order chi connectivity index (χ1) is 8.20. The van der Waals surface area contributed by atoms with Gasteiger partial charge >= 0.3 is 5.97 Å². The summed E-state index contributed by atoms with van der Waals surface area (Å²) < 4.78 is 3.96. The van der Waals surface area contributed by atoms with Crippen LogP contribution in [-0.4, -0.2) is 33.4 Å². The van der Waals surface area contributed by atoms with Gasteiger partial charge in [0.2, 0.25) is 5.91 Å². The fourth-order valence-electron chi connectivity index (χ4n) is 1.37. The van der Waals surface area contributed by atoms with Crippen LogP contribution in [0.4, 0.5) is 5.00 Å². The number of aryl methyl sites for hydroxylation is 1. The Hall–Kier alpha value is -1.63. The molecular weight excluding hydrogens is 254 g/mol. The van der Waals surface area contributed by atoms with Gasteiger partial charge in [-0.05, 0) is 39.2 Å². The molecule has 0 atom stereocenters. The van der Waals surface area contributed by atoms with Crippen LogP contribution < -0.4 is 10.6 Å². The number of aromatic carboxylic acids is 1. The zero-order chi connectivity index (χ0) is 13.9. The zero-order valence-corrected chi connectivity index (χ0v) is 11.6. The number of carbonyl (C=O) groups is 2. The topological polar surface area (TPSA) is 91.3 Å². The molecule has 0 aliphatic carbocycles. The van der Waals surface area contributed by atoms with E-state index in [2.05, 4.69) is 15.0 Å². The van der Waals surface area contributed by atoms with Gasteiger partial charge in [-0.25, -0.2) is 4.79 Å². The van der Waals surface area contributed by atoms with E-state index in [4.69, 9.17) is 5.11 Å². The summed E-state index contributed by atoms with van der Waals surface area (Å²) in [6.07, 6.45) is 0. The molecule has 0 saturated carbocycles. The van der Waals surface area contributed by atoms with E-state index >= 15 is 0 Å². The molecule has 1 aromatic rings. The van der Waals surface area contributed by atoms with E-state index in [9.17, 15) is 9.59 Å². The number of carboxylic acid groups (broad SMARTS) is 1. The van der Waals surface area contributed by atoms with Gasteiger partial charge in [-0.3, -0.25) is 4.79 Å². The molecule has 100 valence electrons. The van der Waals surface area contributed by atoms with E-state index in [0.29, 0.717) is 10.7 Å². The van der Waals surface area contributed by atoms with Crippen molar-refractivity contribution in [3.05, 3.63) is 11.3 Å². The highest BCUT2D eigenvalue weighted by Gasteiger charge is 2.19. The molecule has 0 saturated heterocycles. The van der Waals surface area contributed by atoms with Crippen molar-refractivity contribution in [1.82, 2.24) is 9.69 Å². The summed E-state index contributed by atoms with van der Waals surface area (Å²) in [5.41, 5.74) is 0.271. The standard InChI is InChI=1S/C11H17N3O3S/c1-6-8(10(16)17)9(18-14-6)12-5-7(15)13-11(2,3)4/h12H,5H2,1-4H3,(H,13,15)(H,16,17). The summed E-state index contributed by atoms with van der Waals surface area (Å²) in [6.45, 7) is 7.29. The van der Waals surface area contributed by atoms with Crippen molar-refractivity contribution in [2.24, 2.45) is 0 Å². The quantitative estimate of drug-likeness (QED) is 0.771. The number of rotatable bonds is 4. The molecule has 0 radical (unpaired) electrons. The van der Waals surface area contributed by atoms with Crippen molar-refractivity contribution in [2.45, 2.75) is 33.2 Å². The summed E-state index contributed by atoms with van der Waals surface area (Å²) in [6, 6.07) is 0. The Morgan fingerprint density at radius 3 is 2.50 bits per heavy atom. The lowest BCUT2D eigenvalue weighted by Gasteiger charge is -2.20. The fraction of sp³-hybridized carbons (Fsp3) is 0.545. The van der Waals surface area contributed by atoms with Gasteiger partial charge in [-0.2, -0.15) is 4.37 Å². The van der Waals surface area contributed by atoms with Gasteiger partial charge in [0.25, 0.3) is 0 Å². The minimum absolute atomic E-state index is 0.0270. The number of anilines is 1. The lowest BCUT2D eigenvalue weighted by molar-refractivity contribution is -0.120. The Kier molecular flexibility index (Phi) is 4.28. The SMILES string of the molecule is Cc1nsc(NCC(=O)NC(C)(C)C)c1C(=O)O. The minimum Gasteiger partial charge on any atom is -0.478 e. The molecule has 3 N–H and O–H groups in total. The summed E-state index contributed by atoms with van der Waals surface area (Å²) in [7, 11) is 0. The Bertz CT molecular complexity index is 463. The molecular formula is C11H17N3O3S. The van der Waals surface area contributed by atoms with Gasteiger partial charge in [0.15, 0.2) is 0 Å². The molecule has 0 fully saturated rings. The van der Waals surface area contributed by atoms with Gasteiger partial charge in [-0.15, -0.1) is 0 Å². The molecule has 18 heavy (non-hydrogen) atoms. The van der Waals surface area contributed by atoms with E-state index < -0.39 is 5.97 Å². The van der Waals surface area contributed by atoms with Crippen molar-refractivity contribution in [1.29, 1.82) is 0 Å². The number of aromatic nitrogens is 1. The van der Waals surface area contributed by atoms with Crippen LogP contribution in [0.3, 0.4) is 0 Å². The van der Waals surface area contributed by atoms with Crippen molar-refractivity contribution in [3.63, 3.8) is 0 Å². The maximum atomic E-state index is 11.6. The normalized spacial score (nSPS) is 11.1. The predicted molar refractivity (Wildman–Crippen MR) is 70.2 cm³/mol. The third kappa shape index (κ3) is 3.99. The molecule has 0 aliphatic heterocycles. The van der Waals surface area contributed by atoms with E-state index in [1.807, 2.05) is 20.8 Å². The third-order valence-electron chi connectivity index (χ3n) is 2.00. The number of hydrogen-bond donors (Lipinski definition) is 3.